The lowest BCUT2D eigenvalue weighted by atomic mass is 9.35. The molecule has 4 N–H and O–H groups in total. The Kier molecular flexibility index (Phi) is 3.97. The highest BCUT2D eigenvalue weighted by atomic mass is 16.5. The zero-order valence-electron chi connectivity index (χ0n) is 19.8. The van der Waals surface area contributed by atoms with Crippen molar-refractivity contribution >= 4 is 17.5 Å². The van der Waals surface area contributed by atoms with Crippen LogP contribution in [0.15, 0.2) is 30.3 Å². The molecule has 0 aromatic heterocycles. The van der Waals surface area contributed by atoms with Crippen LogP contribution >= 0.6 is 0 Å². The highest BCUT2D eigenvalue weighted by Gasteiger charge is 2.85. The maximum absolute atomic E-state index is 13.6. The van der Waals surface area contributed by atoms with Gasteiger partial charge in [-0.05, 0) is 56.5 Å². The minimum Gasteiger partial charge on any atom is -0.504 e. The van der Waals surface area contributed by atoms with Crippen molar-refractivity contribution in [2.24, 2.45) is 5.92 Å². The fraction of sp³-hybridized carbons (Fsp3) is 0.481. The number of amides is 2. The van der Waals surface area contributed by atoms with Crippen LogP contribution in [0.4, 0.5) is 5.69 Å². The molecule has 8 heteroatoms. The van der Waals surface area contributed by atoms with Gasteiger partial charge >= 0.3 is 0 Å². The quantitative estimate of drug-likeness (QED) is 0.460. The Bertz CT molecular complexity index is 1330. The molecule has 2 aliphatic carbocycles. The summed E-state index contributed by atoms with van der Waals surface area (Å²) in [5.74, 6) is -0.264. The van der Waals surface area contributed by atoms with Crippen LogP contribution in [0.5, 0.6) is 11.5 Å². The van der Waals surface area contributed by atoms with Crippen molar-refractivity contribution in [1.29, 1.82) is 0 Å². The van der Waals surface area contributed by atoms with Crippen LogP contribution in [0, 0.1) is 12.8 Å². The molecule has 0 radical (unpaired) electrons. The number of rotatable bonds is 3. The molecule has 3 aliphatic heterocycles. The third-order valence-electron chi connectivity index (χ3n) is 9.44. The lowest BCUT2D eigenvalue weighted by Crippen LogP contribution is -2.92. The lowest BCUT2D eigenvalue weighted by molar-refractivity contribution is -0.320. The molecule has 8 nitrogen and oxygen atoms in total. The first kappa shape index (κ1) is 21.2. The summed E-state index contributed by atoms with van der Waals surface area (Å²) in [6.45, 7) is 5.84. The summed E-state index contributed by atoms with van der Waals surface area (Å²) in [7, 11) is 0. The minimum atomic E-state index is -1.06. The van der Waals surface area contributed by atoms with Gasteiger partial charge in [0.25, 0.3) is 11.8 Å². The smallest absolute Gasteiger partial charge is 0.264 e. The number of likely N-dealkylation sites (tertiary alicyclic amines) is 1. The van der Waals surface area contributed by atoms with Crippen LogP contribution in [-0.2, 0) is 5.41 Å². The predicted molar refractivity (Wildman–Crippen MR) is 127 cm³/mol. The zero-order chi connectivity index (χ0) is 24.4. The first-order valence-electron chi connectivity index (χ1n) is 12.5. The minimum absolute atomic E-state index is 0.0139. The first-order chi connectivity index (χ1) is 16.8. The number of benzene rings is 2. The van der Waals surface area contributed by atoms with Crippen LogP contribution < -0.4 is 10.5 Å². The maximum Gasteiger partial charge on any atom is 0.264 e. The van der Waals surface area contributed by atoms with Gasteiger partial charge in [0.1, 0.15) is 6.10 Å². The van der Waals surface area contributed by atoms with Crippen LogP contribution in [0.25, 0.3) is 0 Å². The summed E-state index contributed by atoms with van der Waals surface area (Å²) >= 11 is 0. The van der Waals surface area contributed by atoms with Gasteiger partial charge in [-0.15, -0.1) is 0 Å². The summed E-state index contributed by atoms with van der Waals surface area (Å²) in [5.41, 5.74) is 6.86. The number of hydrogen-bond donors (Lipinski definition) is 3. The number of nitrogen functional groups attached to an aromatic ring is 1. The molecule has 6 atom stereocenters. The van der Waals surface area contributed by atoms with E-state index in [1.54, 1.807) is 24.3 Å². The molecule has 1 saturated heterocycles. The normalized spacial score (nSPS) is 36.4. The Morgan fingerprint density at radius 3 is 2.74 bits per heavy atom. The van der Waals surface area contributed by atoms with Crippen molar-refractivity contribution in [2.75, 3.05) is 18.8 Å². The average molecular weight is 476 g/mol. The first-order valence-corrected chi connectivity index (χ1v) is 12.5. The third-order valence-corrected chi connectivity index (χ3v) is 9.44. The van der Waals surface area contributed by atoms with E-state index in [0.717, 1.165) is 30.6 Å². The highest BCUT2D eigenvalue weighted by Crippen LogP contribution is 2.73. The van der Waals surface area contributed by atoms with E-state index >= 15 is 0 Å². The number of carbonyl (C=O) groups is 2. The molecule has 7 rings (SSSR count). The van der Waals surface area contributed by atoms with Gasteiger partial charge < -0.3 is 20.7 Å². The van der Waals surface area contributed by atoms with Crippen LogP contribution in [0.1, 0.15) is 58.0 Å². The molecule has 2 aromatic rings. The maximum atomic E-state index is 13.6. The SMILES string of the molecule is CCCN1CC2[C@@H]1[C@]1(O)CC[C@@H](N3C(=O)c4cccc(N)c4C3=O)[C@@H]3Oc4c(O)ccc(C)c4[C@@]231. The number of piperidine rings is 1. The van der Waals surface area contributed by atoms with E-state index in [0.29, 0.717) is 24.2 Å². The summed E-state index contributed by atoms with van der Waals surface area (Å²) in [6.07, 6.45) is 1.22. The largest absolute Gasteiger partial charge is 0.504 e. The number of nitrogens with zero attached hydrogens (tertiary/aromatic N) is 2. The van der Waals surface area contributed by atoms with Crippen molar-refractivity contribution in [3.8, 4) is 11.5 Å². The van der Waals surface area contributed by atoms with Gasteiger partial charge in [0, 0.05) is 29.8 Å². The number of fused-ring (bicyclic) bond motifs is 4. The van der Waals surface area contributed by atoms with Gasteiger partial charge in [-0.25, -0.2) is 0 Å². The Labute approximate surface area is 203 Å². The van der Waals surface area contributed by atoms with Gasteiger partial charge in [0.15, 0.2) is 11.5 Å². The Morgan fingerprint density at radius 1 is 1.20 bits per heavy atom. The number of nitrogens with two attached hydrogens (primary N) is 1. The molecular formula is C27H29N3O5. The molecule has 1 spiro atoms. The number of anilines is 1. The van der Waals surface area contributed by atoms with E-state index in [1.807, 2.05) is 13.0 Å². The monoisotopic (exact) mass is 475 g/mol. The molecule has 35 heavy (non-hydrogen) atoms. The van der Waals surface area contributed by atoms with E-state index in [9.17, 15) is 19.8 Å². The van der Waals surface area contributed by atoms with E-state index in [-0.39, 0.29) is 34.9 Å². The van der Waals surface area contributed by atoms with Gasteiger partial charge in [-0.2, -0.15) is 0 Å². The van der Waals surface area contributed by atoms with E-state index in [1.165, 1.54) is 4.90 Å². The fourth-order valence-electron chi connectivity index (χ4n) is 8.27. The summed E-state index contributed by atoms with van der Waals surface area (Å²) in [5, 5.41) is 23.1. The Hall–Kier alpha value is -3.10. The number of aromatic hydroxyl groups is 1. The third kappa shape index (κ3) is 2.14. The average Bonchev–Trinajstić information content (AvgIpc) is 3.31. The molecular weight excluding hydrogens is 446 g/mol. The molecule has 182 valence electrons. The van der Waals surface area contributed by atoms with E-state index < -0.39 is 29.1 Å². The number of aliphatic hydroxyl groups is 1. The second-order valence-corrected chi connectivity index (χ2v) is 10.8. The lowest BCUT2D eigenvalue weighted by Gasteiger charge is -2.77. The number of hydrogen-bond acceptors (Lipinski definition) is 7. The summed E-state index contributed by atoms with van der Waals surface area (Å²) in [4.78, 5) is 30.7. The molecule has 5 aliphatic rings. The fourth-order valence-corrected chi connectivity index (χ4v) is 8.27. The number of aryl methyl sites for hydroxylation is 1. The van der Waals surface area contributed by atoms with E-state index in [2.05, 4.69) is 11.8 Å². The summed E-state index contributed by atoms with van der Waals surface area (Å²) in [6, 6.07) is 7.85. The number of phenols is 1. The Morgan fingerprint density at radius 2 is 2.00 bits per heavy atom. The van der Waals surface area contributed by atoms with Gasteiger partial charge in [-0.3, -0.25) is 19.4 Å². The molecule has 2 amide bonds. The Balaban J connectivity index is 1.38. The van der Waals surface area contributed by atoms with Crippen molar-refractivity contribution in [2.45, 2.75) is 62.3 Å². The highest BCUT2D eigenvalue weighted by molar-refractivity contribution is 6.23. The van der Waals surface area contributed by atoms with Crippen LogP contribution in [0.3, 0.4) is 0 Å². The van der Waals surface area contributed by atoms with Crippen LogP contribution in [0.2, 0.25) is 0 Å². The molecule has 3 fully saturated rings. The molecule has 2 saturated carbocycles. The van der Waals surface area contributed by atoms with Crippen molar-refractivity contribution in [3.63, 3.8) is 0 Å². The molecule has 0 bridgehead atoms. The number of imide groups is 1. The molecule has 3 heterocycles. The topological polar surface area (TPSA) is 116 Å². The number of ether oxygens (including phenoxy) is 1. The van der Waals surface area contributed by atoms with Gasteiger partial charge in [0.05, 0.1) is 28.2 Å². The second-order valence-electron chi connectivity index (χ2n) is 10.8. The van der Waals surface area contributed by atoms with Gasteiger partial charge in [-0.1, -0.05) is 19.1 Å². The molecule has 1 unspecified atom stereocenters. The second kappa shape index (κ2) is 6.56. The number of carbonyl (C=O) groups excluding carboxylic acids is 2. The summed E-state index contributed by atoms with van der Waals surface area (Å²) < 4.78 is 6.51. The standard InChI is InChI=1S/C27H29N3O5/c1-3-11-29-12-15-22(29)26(34)10-9-17(30-24(32)14-5-4-6-16(28)19(14)25(30)33)23-27(15,26)20-13(2)7-8-18(31)21(20)35-23/h4-8,15,17,22-23,31,34H,3,9-12,28H2,1-2H3/t15?,17-,22-,23+,26-,27+/m1/s1. The van der Waals surface area contributed by atoms with Crippen molar-refractivity contribution in [1.82, 2.24) is 9.80 Å². The number of phenolic OH excluding ortho intramolecular Hbond substituents is 1. The van der Waals surface area contributed by atoms with Crippen molar-refractivity contribution in [3.05, 3.63) is 52.6 Å². The van der Waals surface area contributed by atoms with Crippen molar-refractivity contribution < 1.29 is 24.5 Å². The molecule has 2 aromatic carbocycles. The van der Waals surface area contributed by atoms with Gasteiger partial charge in [0.2, 0.25) is 0 Å². The van der Waals surface area contributed by atoms with Crippen LogP contribution in [-0.4, -0.2) is 68.7 Å². The zero-order valence-corrected chi connectivity index (χ0v) is 19.8. The predicted octanol–water partition coefficient (Wildman–Crippen LogP) is 2.20. The van der Waals surface area contributed by atoms with E-state index in [4.69, 9.17) is 10.5 Å².